The van der Waals surface area contributed by atoms with Crippen LogP contribution in [0.15, 0.2) is 48.5 Å². The molecule has 2 nitrogen and oxygen atoms in total. The van der Waals surface area contributed by atoms with Gasteiger partial charge in [0.1, 0.15) is 0 Å². The Morgan fingerprint density at radius 1 is 0.556 bits per heavy atom. The Kier molecular flexibility index (Phi) is 7.25. The zero-order chi connectivity index (χ0) is 11.4. The van der Waals surface area contributed by atoms with Crippen LogP contribution in [0.2, 0.25) is 0 Å². The van der Waals surface area contributed by atoms with E-state index in [4.69, 9.17) is 11.5 Å². The Bertz CT molecular complexity index is 407. The highest BCUT2D eigenvalue weighted by Gasteiger charge is 1.96. The minimum Gasteiger partial charge on any atom is -0.399 e. The fraction of sp³-hybridized carbons (Fsp3) is 0.143. The number of hydrogen-bond acceptors (Lipinski definition) is 2. The lowest BCUT2D eigenvalue weighted by atomic mass is 10.0. The predicted octanol–water partition coefficient (Wildman–Crippen LogP) is 3.48. The Morgan fingerprint density at radius 3 is 1.11 bits per heavy atom. The van der Waals surface area contributed by atoms with E-state index in [1.165, 1.54) is 11.1 Å². The minimum absolute atomic E-state index is 0. The number of benzene rings is 2. The molecule has 0 spiro atoms. The molecule has 0 unspecified atom stereocenters. The monoisotopic (exact) mass is 284 g/mol. The highest BCUT2D eigenvalue weighted by Crippen LogP contribution is 2.11. The van der Waals surface area contributed by atoms with Crippen molar-refractivity contribution in [3.05, 3.63) is 59.7 Å². The van der Waals surface area contributed by atoms with Crippen LogP contribution >= 0.6 is 24.8 Å². The van der Waals surface area contributed by atoms with E-state index in [-0.39, 0.29) is 24.8 Å². The van der Waals surface area contributed by atoms with Gasteiger partial charge in [-0.2, -0.15) is 0 Å². The molecule has 0 aromatic heterocycles. The lowest BCUT2D eigenvalue weighted by molar-refractivity contribution is 0.961. The van der Waals surface area contributed by atoms with Gasteiger partial charge in [0.2, 0.25) is 0 Å². The van der Waals surface area contributed by atoms with Gasteiger partial charge in [0.25, 0.3) is 0 Å². The number of rotatable bonds is 3. The first-order valence-corrected chi connectivity index (χ1v) is 5.43. The second-order valence-electron chi connectivity index (χ2n) is 3.98. The van der Waals surface area contributed by atoms with Crippen LogP contribution < -0.4 is 11.5 Å². The molecular formula is C14H18Cl2N2. The molecule has 0 atom stereocenters. The van der Waals surface area contributed by atoms with E-state index in [9.17, 15) is 0 Å². The minimum atomic E-state index is 0. The number of hydrogen-bond donors (Lipinski definition) is 2. The molecule has 0 radical (unpaired) electrons. The summed E-state index contributed by atoms with van der Waals surface area (Å²) < 4.78 is 0. The summed E-state index contributed by atoms with van der Waals surface area (Å²) in [6.07, 6.45) is 2.06. The van der Waals surface area contributed by atoms with Crippen molar-refractivity contribution in [1.82, 2.24) is 0 Å². The summed E-state index contributed by atoms with van der Waals surface area (Å²) in [5.41, 5.74) is 15.5. The third-order valence-corrected chi connectivity index (χ3v) is 2.66. The fourth-order valence-electron chi connectivity index (χ4n) is 1.66. The smallest absolute Gasteiger partial charge is 0.0314 e. The van der Waals surface area contributed by atoms with Crippen molar-refractivity contribution in [3.63, 3.8) is 0 Å². The fourth-order valence-corrected chi connectivity index (χ4v) is 1.66. The molecule has 4 N–H and O–H groups in total. The van der Waals surface area contributed by atoms with Gasteiger partial charge in [0, 0.05) is 11.4 Å². The van der Waals surface area contributed by atoms with Crippen LogP contribution in [-0.4, -0.2) is 0 Å². The molecule has 4 heteroatoms. The van der Waals surface area contributed by atoms with Gasteiger partial charge in [0.15, 0.2) is 0 Å². The van der Waals surface area contributed by atoms with Gasteiger partial charge < -0.3 is 11.5 Å². The highest BCUT2D eigenvalue weighted by atomic mass is 35.5. The quantitative estimate of drug-likeness (QED) is 0.848. The molecule has 98 valence electrons. The number of nitrogens with two attached hydrogens (primary N) is 2. The average Bonchev–Trinajstić information content (AvgIpc) is 2.30. The summed E-state index contributed by atoms with van der Waals surface area (Å²) in [4.78, 5) is 0. The maximum atomic E-state index is 5.64. The first-order valence-electron chi connectivity index (χ1n) is 5.43. The van der Waals surface area contributed by atoms with Crippen LogP contribution in [0.5, 0.6) is 0 Å². The molecule has 0 aliphatic carbocycles. The van der Waals surface area contributed by atoms with E-state index in [1.807, 2.05) is 24.3 Å². The Morgan fingerprint density at radius 2 is 0.833 bits per heavy atom. The second-order valence-corrected chi connectivity index (χ2v) is 3.98. The van der Waals surface area contributed by atoms with E-state index in [2.05, 4.69) is 24.3 Å². The van der Waals surface area contributed by atoms with Crippen LogP contribution in [0.3, 0.4) is 0 Å². The molecule has 0 amide bonds. The Labute approximate surface area is 120 Å². The summed E-state index contributed by atoms with van der Waals surface area (Å²) in [6, 6.07) is 16.1. The topological polar surface area (TPSA) is 52.0 Å². The lowest BCUT2D eigenvalue weighted by Crippen LogP contribution is -1.93. The average molecular weight is 285 g/mol. The lowest BCUT2D eigenvalue weighted by Gasteiger charge is -2.03. The molecule has 0 aliphatic rings. The predicted molar refractivity (Wildman–Crippen MR) is 83.6 cm³/mol. The maximum absolute atomic E-state index is 5.64. The summed E-state index contributed by atoms with van der Waals surface area (Å²) >= 11 is 0. The van der Waals surface area contributed by atoms with Gasteiger partial charge in [-0.25, -0.2) is 0 Å². The van der Waals surface area contributed by atoms with Crippen molar-refractivity contribution in [1.29, 1.82) is 0 Å². The molecule has 2 rings (SSSR count). The standard InChI is InChI=1S/C14H16N2.2ClH/c15-13-7-3-11(4-8-13)1-2-12-5-9-14(16)10-6-12;;/h3-10H,1-2,15-16H2;2*1H. The van der Waals surface area contributed by atoms with Crippen molar-refractivity contribution in [2.24, 2.45) is 0 Å². The second kappa shape index (κ2) is 7.85. The molecule has 2 aromatic rings. The zero-order valence-electron chi connectivity index (χ0n) is 10.0. The largest absolute Gasteiger partial charge is 0.399 e. The van der Waals surface area contributed by atoms with Crippen molar-refractivity contribution in [2.75, 3.05) is 11.5 Å². The summed E-state index contributed by atoms with van der Waals surface area (Å²) in [7, 11) is 0. The van der Waals surface area contributed by atoms with Crippen molar-refractivity contribution in [3.8, 4) is 0 Å². The summed E-state index contributed by atoms with van der Waals surface area (Å²) in [5, 5.41) is 0. The summed E-state index contributed by atoms with van der Waals surface area (Å²) in [5.74, 6) is 0. The van der Waals surface area contributed by atoms with Crippen molar-refractivity contribution < 1.29 is 0 Å². The van der Waals surface area contributed by atoms with Gasteiger partial charge in [0.05, 0.1) is 0 Å². The molecule has 0 fully saturated rings. The molecule has 0 heterocycles. The van der Waals surface area contributed by atoms with Crippen LogP contribution in [0.1, 0.15) is 11.1 Å². The molecule has 0 bridgehead atoms. The van der Waals surface area contributed by atoms with Gasteiger partial charge >= 0.3 is 0 Å². The number of halogens is 2. The van der Waals surface area contributed by atoms with E-state index in [1.54, 1.807) is 0 Å². The number of nitrogen functional groups attached to an aromatic ring is 2. The maximum Gasteiger partial charge on any atom is 0.0314 e. The van der Waals surface area contributed by atoms with Crippen LogP contribution in [0.4, 0.5) is 11.4 Å². The number of aryl methyl sites for hydroxylation is 2. The van der Waals surface area contributed by atoms with Crippen LogP contribution in [0, 0.1) is 0 Å². The first-order chi connectivity index (χ1) is 7.74. The van der Waals surface area contributed by atoms with Crippen LogP contribution in [-0.2, 0) is 12.8 Å². The SMILES string of the molecule is Cl.Cl.Nc1ccc(CCc2ccc(N)cc2)cc1. The normalized spacial score (nSPS) is 9.11. The van der Waals surface area contributed by atoms with E-state index in [0.717, 1.165) is 24.2 Å². The van der Waals surface area contributed by atoms with Crippen molar-refractivity contribution >= 4 is 36.2 Å². The molecule has 0 aliphatic heterocycles. The Hall–Kier alpha value is -1.38. The van der Waals surface area contributed by atoms with Gasteiger partial charge in [-0.3, -0.25) is 0 Å². The Balaban J connectivity index is 0.00000144. The molecular weight excluding hydrogens is 267 g/mol. The van der Waals surface area contributed by atoms with E-state index < -0.39 is 0 Å². The van der Waals surface area contributed by atoms with Crippen molar-refractivity contribution in [2.45, 2.75) is 12.8 Å². The summed E-state index contributed by atoms with van der Waals surface area (Å²) in [6.45, 7) is 0. The van der Waals surface area contributed by atoms with E-state index in [0.29, 0.717) is 0 Å². The van der Waals surface area contributed by atoms with Gasteiger partial charge in [-0.05, 0) is 48.2 Å². The first kappa shape index (κ1) is 16.6. The molecule has 0 saturated carbocycles. The molecule has 2 aromatic carbocycles. The highest BCUT2D eigenvalue weighted by molar-refractivity contribution is 5.85. The molecule has 18 heavy (non-hydrogen) atoms. The van der Waals surface area contributed by atoms with Gasteiger partial charge in [-0.1, -0.05) is 24.3 Å². The number of anilines is 2. The third-order valence-electron chi connectivity index (χ3n) is 2.66. The van der Waals surface area contributed by atoms with Gasteiger partial charge in [-0.15, -0.1) is 24.8 Å². The molecule has 0 saturated heterocycles. The third kappa shape index (κ3) is 4.86. The van der Waals surface area contributed by atoms with Crippen LogP contribution in [0.25, 0.3) is 0 Å². The zero-order valence-corrected chi connectivity index (χ0v) is 11.6. The van der Waals surface area contributed by atoms with E-state index >= 15 is 0 Å².